The summed E-state index contributed by atoms with van der Waals surface area (Å²) < 4.78 is 0. The highest BCUT2D eigenvalue weighted by molar-refractivity contribution is 5.80. The van der Waals surface area contributed by atoms with E-state index < -0.39 is 36.9 Å². The summed E-state index contributed by atoms with van der Waals surface area (Å²) in [7, 11) is 0. The van der Waals surface area contributed by atoms with E-state index in [1.165, 1.54) is 186 Å². The summed E-state index contributed by atoms with van der Waals surface area (Å²) in [6.07, 6.45) is 50.1. The van der Waals surface area contributed by atoms with Gasteiger partial charge in [-0.3, -0.25) is 4.79 Å². The molecule has 0 heterocycles. The minimum Gasteiger partial charge on any atom is -0.394 e. The molecule has 0 aliphatic carbocycles. The Hall–Kier alpha value is -0.950. The molecule has 0 aliphatic rings. The zero-order chi connectivity index (χ0) is 40.3. The first kappa shape index (κ1) is 54.0. The van der Waals surface area contributed by atoms with Crippen LogP contribution >= 0.6 is 0 Å². The fraction of sp³-hybridized carbons (Fsp3) is 0.939. The zero-order valence-corrected chi connectivity index (χ0v) is 36.9. The van der Waals surface area contributed by atoms with Crippen LogP contribution in [0.1, 0.15) is 264 Å². The van der Waals surface area contributed by atoms with Crippen LogP contribution in [-0.2, 0) is 4.79 Å². The molecule has 6 nitrogen and oxygen atoms in total. The van der Waals surface area contributed by atoms with E-state index in [1.807, 2.05) is 0 Å². The van der Waals surface area contributed by atoms with Crippen LogP contribution in [0, 0.1) is 0 Å². The van der Waals surface area contributed by atoms with Gasteiger partial charge in [-0.1, -0.05) is 244 Å². The molecule has 0 rings (SSSR count). The Bertz CT molecular complexity index is 791. The van der Waals surface area contributed by atoms with Gasteiger partial charge in [0.25, 0.3) is 0 Å². The molecule has 0 aliphatic heterocycles. The lowest BCUT2D eigenvalue weighted by atomic mass is 9.99. The molecule has 0 saturated carbocycles. The molecular formula is C49H97NO5. The topological polar surface area (TPSA) is 110 Å². The van der Waals surface area contributed by atoms with Gasteiger partial charge in [0.1, 0.15) is 12.2 Å². The van der Waals surface area contributed by atoms with Crippen molar-refractivity contribution in [1.29, 1.82) is 0 Å². The van der Waals surface area contributed by atoms with E-state index >= 15 is 0 Å². The van der Waals surface area contributed by atoms with Crippen LogP contribution in [0.2, 0.25) is 0 Å². The first-order valence-corrected chi connectivity index (χ1v) is 24.6. The summed E-state index contributed by atoms with van der Waals surface area (Å²) in [6, 6.07) is -0.987. The minimum absolute atomic E-state index is 0.349. The number of unbranched alkanes of at least 4 members (excludes halogenated alkanes) is 34. The van der Waals surface area contributed by atoms with Crippen molar-refractivity contribution in [2.45, 2.75) is 289 Å². The van der Waals surface area contributed by atoms with E-state index in [0.29, 0.717) is 12.8 Å². The summed E-state index contributed by atoms with van der Waals surface area (Å²) in [5.41, 5.74) is 0. The van der Waals surface area contributed by atoms with Gasteiger partial charge in [0.05, 0.1) is 18.8 Å². The molecule has 0 fully saturated rings. The second-order valence-corrected chi connectivity index (χ2v) is 17.2. The van der Waals surface area contributed by atoms with Crippen LogP contribution in [0.3, 0.4) is 0 Å². The smallest absolute Gasteiger partial charge is 0.249 e. The van der Waals surface area contributed by atoms with E-state index in [2.05, 4.69) is 31.3 Å². The van der Waals surface area contributed by atoms with Gasteiger partial charge >= 0.3 is 0 Å². The Morgan fingerprint density at radius 3 is 1.11 bits per heavy atom. The number of aliphatic hydroxyl groups is 4. The first-order chi connectivity index (χ1) is 27.0. The maximum Gasteiger partial charge on any atom is 0.249 e. The molecule has 0 aromatic heterocycles. The average molecular weight is 780 g/mol. The van der Waals surface area contributed by atoms with Gasteiger partial charge in [-0.25, -0.2) is 0 Å². The summed E-state index contributed by atoms with van der Waals surface area (Å²) in [5.74, 6) is -0.597. The number of allylic oxidation sites excluding steroid dienone is 2. The lowest BCUT2D eigenvalue weighted by molar-refractivity contribution is -0.132. The van der Waals surface area contributed by atoms with Crippen molar-refractivity contribution in [2.24, 2.45) is 0 Å². The summed E-state index contributed by atoms with van der Waals surface area (Å²) >= 11 is 0. The number of carbonyl (C=O) groups is 1. The highest BCUT2D eigenvalue weighted by Crippen LogP contribution is 2.18. The second-order valence-electron chi connectivity index (χ2n) is 17.2. The maximum atomic E-state index is 12.4. The van der Waals surface area contributed by atoms with Crippen LogP contribution in [0.15, 0.2) is 12.2 Å². The normalized spacial score (nSPS) is 14.1. The molecule has 1 amide bonds. The Morgan fingerprint density at radius 2 is 0.745 bits per heavy atom. The average Bonchev–Trinajstić information content (AvgIpc) is 3.19. The molecule has 328 valence electrons. The zero-order valence-electron chi connectivity index (χ0n) is 36.9. The van der Waals surface area contributed by atoms with Crippen molar-refractivity contribution in [2.75, 3.05) is 6.61 Å². The van der Waals surface area contributed by atoms with Crippen LogP contribution < -0.4 is 5.32 Å². The van der Waals surface area contributed by atoms with Gasteiger partial charge in [0, 0.05) is 0 Å². The van der Waals surface area contributed by atoms with Crippen molar-refractivity contribution in [3.05, 3.63) is 12.2 Å². The lowest BCUT2D eigenvalue weighted by Crippen LogP contribution is -2.53. The number of carbonyl (C=O) groups excluding carboxylic acids is 1. The maximum absolute atomic E-state index is 12.4. The molecule has 55 heavy (non-hydrogen) atoms. The van der Waals surface area contributed by atoms with Gasteiger partial charge < -0.3 is 25.7 Å². The predicted molar refractivity (Wildman–Crippen MR) is 238 cm³/mol. The van der Waals surface area contributed by atoms with Crippen molar-refractivity contribution in [3.8, 4) is 0 Å². The number of amides is 1. The fourth-order valence-corrected chi connectivity index (χ4v) is 7.80. The number of hydrogen-bond donors (Lipinski definition) is 5. The predicted octanol–water partition coefficient (Wildman–Crippen LogP) is 13.4. The Labute approximate surface area is 342 Å². The van der Waals surface area contributed by atoms with Crippen molar-refractivity contribution in [3.63, 3.8) is 0 Å². The highest BCUT2D eigenvalue weighted by Gasteiger charge is 2.28. The largest absolute Gasteiger partial charge is 0.394 e. The van der Waals surface area contributed by atoms with E-state index in [4.69, 9.17) is 0 Å². The van der Waals surface area contributed by atoms with Crippen molar-refractivity contribution >= 4 is 5.91 Å². The highest BCUT2D eigenvalue weighted by atomic mass is 16.3. The first-order valence-electron chi connectivity index (χ1n) is 24.6. The third kappa shape index (κ3) is 38.3. The molecule has 0 radical (unpaired) electrons. The second kappa shape index (κ2) is 44.2. The fourth-order valence-electron chi connectivity index (χ4n) is 7.80. The summed E-state index contributed by atoms with van der Waals surface area (Å²) in [4.78, 5) is 12.4. The van der Waals surface area contributed by atoms with Crippen LogP contribution in [-0.4, -0.2) is 57.3 Å². The van der Waals surface area contributed by atoms with Crippen LogP contribution in [0.25, 0.3) is 0 Å². The van der Waals surface area contributed by atoms with Crippen LogP contribution in [0.5, 0.6) is 0 Å². The SMILES string of the molecule is CCCC/C=C\CCCCCC(O)C(=O)NC(CO)C(O)C(O)CCCCCCCCCCCCCCCCCCCCCCCCCCCCCCCC. The summed E-state index contributed by atoms with van der Waals surface area (Å²) in [5, 5.41) is 43.6. The minimum atomic E-state index is -1.26. The molecule has 0 saturated heterocycles. The standard InChI is InChI=1S/C49H97NO5/c1-3-5-7-9-11-13-14-15-16-17-18-19-20-21-22-23-24-25-26-27-28-29-30-31-32-33-35-36-38-40-42-46(52)48(54)45(44-51)50-49(55)47(53)43-41-39-37-34-12-10-8-6-4-2/h10,12,45-48,51-54H,3-9,11,13-44H2,1-2H3,(H,50,55)/b12-10-. The molecular weight excluding hydrogens is 683 g/mol. The number of nitrogens with one attached hydrogen (secondary N) is 1. The molecule has 6 heteroatoms. The quantitative estimate of drug-likeness (QED) is 0.0312. The molecule has 0 aromatic carbocycles. The van der Waals surface area contributed by atoms with Gasteiger partial charge in [0.2, 0.25) is 5.91 Å². The molecule has 5 N–H and O–H groups in total. The van der Waals surface area contributed by atoms with E-state index in [9.17, 15) is 25.2 Å². The van der Waals surface area contributed by atoms with Crippen molar-refractivity contribution in [1.82, 2.24) is 5.32 Å². The van der Waals surface area contributed by atoms with Gasteiger partial charge in [-0.15, -0.1) is 0 Å². The number of rotatable bonds is 45. The number of hydrogen-bond acceptors (Lipinski definition) is 5. The molecule has 0 aromatic rings. The lowest BCUT2D eigenvalue weighted by Gasteiger charge is -2.27. The molecule has 4 atom stereocenters. The summed E-state index contributed by atoms with van der Waals surface area (Å²) in [6.45, 7) is 4.00. The van der Waals surface area contributed by atoms with Gasteiger partial charge in [0.15, 0.2) is 0 Å². The Kier molecular flexibility index (Phi) is 43.4. The third-order valence-electron chi connectivity index (χ3n) is 11.7. The Balaban J connectivity index is 3.52. The van der Waals surface area contributed by atoms with E-state index in [0.717, 1.165) is 51.4 Å². The van der Waals surface area contributed by atoms with Gasteiger partial charge in [-0.05, 0) is 32.1 Å². The molecule has 0 spiro atoms. The third-order valence-corrected chi connectivity index (χ3v) is 11.7. The Morgan fingerprint density at radius 1 is 0.436 bits per heavy atom. The van der Waals surface area contributed by atoms with Crippen LogP contribution in [0.4, 0.5) is 0 Å². The van der Waals surface area contributed by atoms with Crippen molar-refractivity contribution < 1.29 is 25.2 Å². The molecule has 0 bridgehead atoms. The molecule has 4 unspecified atom stereocenters. The number of aliphatic hydroxyl groups excluding tert-OH is 4. The van der Waals surface area contributed by atoms with E-state index in [1.54, 1.807) is 0 Å². The van der Waals surface area contributed by atoms with Gasteiger partial charge in [-0.2, -0.15) is 0 Å². The van der Waals surface area contributed by atoms with E-state index in [-0.39, 0.29) is 0 Å². The monoisotopic (exact) mass is 780 g/mol.